The summed E-state index contributed by atoms with van der Waals surface area (Å²) in [6.07, 6.45) is -4.47. The average Bonchev–Trinajstić information content (AvgIpc) is 2.85. The third-order valence-electron chi connectivity index (χ3n) is 4.43. The lowest BCUT2D eigenvalue weighted by Crippen LogP contribution is -2.52. The van der Waals surface area contributed by atoms with Gasteiger partial charge in [0, 0.05) is 13.1 Å². The minimum atomic E-state index is -4.47. The second-order valence-electron chi connectivity index (χ2n) is 6.22. The first-order valence-electron chi connectivity index (χ1n) is 8.12. The van der Waals surface area contributed by atoms with Crippen LogP contribution >= 0.6 is 15.9 Å². The van der Waals surface area contributed by atoms with E-state index in [9.17, 15) is 22.8 Å². The fourth-order valence-corrected chi connectivity index (χ4v) is 3.65. The molecule has 5 nitrogen and oxygen atoms in total. The predicted octanol–water partition coefficient (Wildman–Crippen LogP) is 3.99. The summed E-state index contributed by atoms with van der Waals surface area (Å²) >= 11 is 3.32. The molecule has 0 bridgehead atoms. The van der Waals surface area contributed by atoms with Crippen LogP contribution in [0.1, 0.15) is 39.0 Å². The lowest BCUT2D eigenvalue weighted by atomic mass is 9.99. The van der Waals surface area contributed by atoms with Crippen molar-refractivity contribution in [3.8, 4) is 0 Å². The number of alkyl halides is 3. The van der Waals surface area contributed by atoms with Crippen molar-refractivity contribution in [1.82, 2.24) is 10.2 Å². The molecule has 1 saturated heterocycles. The molecule has 2 amide bonds. The highest BCUT2D eigenvalue weighted by Crippen LogP contribution is 2.34. The van der Waals surface area contributed by atoms with Gasteiger partial charge in [0.05, 0.1) is 15.6 Å². The fraction of sp³-hybridized carbons (Fsp3) is 0.333. The number of hydrogen-bond acceptors (Lipinski definition) is 3. The maximum absolute atomic E-state index is 13.1. The van der Waals surface area contributed by atoms with Gasteiger partial charge in [-0.2, -0.15) is 13.2 Å². The van der Waals surface area contributed by atoms with E-state index in [0.29, 0.717) is 27.1 Å². The van der Waals surface area contributed by atoms with Crippen LogP contribution in [0.2, 0.25) is 0 Å². The molecule has 1 aromatic heterocycles. The first kappa shape index (κ1) is 19.5. The quantitative estimate of drug-likeness (QED) is 0.761. The molecule has 1 fully saturated rings. The summed E-state index contributed by atoms with van der Waals surface area (Å²) in [5.74, 6) is 0.0734. The summed E-state index contributed by atoms with van der Waals surface area (Å²) in [6, 6.07) is 3.24. The van der Waals surface area contributed by atoms with E-state index < -0.39 is 29.6 Å². The zero-order valence-corrected chi connectivity index (χ0v) is 16.1. The Morgan fingerprint density at radius 1 is 1.22 bits per heavy atom. The van der Waals surface area contributed by atoms with E-state index in [0.717, 1.165) is 12.1 Å². The Morgan fingerprint density at radius 2 is 1.85 bits per heavy atom. The van der Waals surface area contributed by atoms with Crippen LogP contribution in [0.4, 0.5) is 13.2 Å². The van der Waals surface area contributed by atoms with Crippen LogP contribution in [0.5, 0.6) is 0 Å². The van der Waals surface area contributed by atoms with Gasteiger partial charge in [-0.3, -0.25) is 9.59 Å². The van der Waals surface area contributed by atoms with Crippen LogP contribution in [0, 0.1) is 13.8 Å². The Hall–Kier alpha value is -2.29. The van der Waals surface area contributed by atoms with Gasteiger partial charge in [-0.1, -0.05) is 12.1 Å². The highest BCUT2D eigenvalue weighted by molar-refractivity contribution is 9.10. The lowest BCUT2D eigenvalue weighted by molar-refractivity contribution is -0.137. The van der Waals surface area contributed by atoms with Gasteiger partial charge in [0.15, 0.2) is 0 Å². The van der Waals surface area contributed by atoms with Gasteiger partial charge < -0.3 is 14.6 Å². The highest BCUT2D eigenvalue weighted by atomic mass is 79.9. The number of rotatable bonds is 2. The van der Waals surface area contributed by atoms with Gasteiger partial charge in [0.25, 0.3) is 5.91 Å². The second-order valence-corrected chi connectivity index (χ2v) is 7.01. The van der Waals surface area contributed by atoms with Crippen LogP contribution in [0.25, 0.3) is 0 Å². The van der Waals surface area contributed by atoms with Crippen LogP contribution < -0.4 is 5.32 Å². The van der Waals surface area contributed by atoms with E-state index in [2.05, 4.69) is 21.2 Å². The molecule has 0 spiro atoms. The molecule has 3 rings (SSSR count). The summed E-state index contributed by atoms with van der Waals surface area (Å²) in [5, 5.41) is 2.66. The summed E-state index contributed by atoms with van der Waals surface area (Å²) < 4.78 is 44.3. The second kappa shape index (κ2) is 7.03. The first-order valence-corrected chi connectivity index (χ1v) is 8.92. The number of aryl methyl sites for hydroxylation is 2. The number of carbonyl (C=O) groups excluding carboxylic acids is 2. The smallest absolute Gasteiger partial charge is 0.416 e. The third-order valence-corrected chi connectivity index (χ3v) is 5.38. The molecule has 1 aromatic carbocycles. The van der Waals surface area contributed by atoms with Gasteiger partial charge in [-0.05, 0) is 47.5 Å². The molecule has 0 radical (unpaired) electrons. The van der Waals surface area contributed by atoms with Gasteiger partial charge in [0.1, 0.15) is 17.6 Å². The molecular weight excluding hydrogens is 429 g/mol. The number of benzene rings is 1. The number of nitrogens with one attached hydrogen (secondary N) is 1. The van der Waals surface area contributed by atoms with Crippen LogP contribution in [0.3, 0.4) is 0 Å². The van der Waals surface area contributed by atoms with Crippen molar-refractivity contribution in [1.29, 1.82) is 0 Å². The van der Waals surface area contributed by atoms with E-state index in [4.69, 9.17) is 4.42 Å². The zero-order chi connectivity index (χ0) is 19.9. The van der Waals surface area contributed by atoms with Crippen molar-refractivity contribution in [3.63, 3.8) is 0 Å². The summed E-state index contributed by atoms with van der Waals surface area (Å²) in [7, 11) is 0. The number of halogens is 4. The Bertz CT molecular complexity index is 890. The molecule has 9 heteroatoms. The van der Waals surface area contributed by atoms with E-state index in [1.54, 1.807) is 13.8 Å². The van der Waals surface area contributed by atoms with Crippen LogP contribution in [-0.2, 0) is 11.0 Å². The van der Waals surface area contributed by atoms with Crippen molar-refractivity contribution in [2.24, 2.45) is 0 Å². The van der Waals surface area contributed by atoms with E-state index >= 15 is 0 Å². The number of hydrogen-bond donors (Lipinski definition) is 1. The molecule has 2 aromatic rings. The molecule has 1 atom stereocenters. The van der Waals surface area contributed by atoms with E-state index in [1.807, 2.05) is 0 Å². The minimum absolute atomic E-state index is 0.229. The molecule has 0 aliphatic carbocycles. The molecule has 0 saturated carbocycles. The zero-order valence-electron chi connectivity index (χ0n) is 14.5. The topological polar surface area (TPSA) is 62.6 Å². The van der Waals surface area contributed by atoms with Crippen molar-refractivity contribution >= 4 is 27.7 Å². The standard InChI is InChI=1S/C18H16BrF3N2O3/c1-9-13(14(19)10(2)27-9)17(26)24-8-7-23-16(25)15(24)11-3-5-12(6-4-11)18(20,21)22/h3-6,15H,7-8H2,1-2H3,(H,23,25). The maximum Gasteiger partial charge on any atom is 0.416 e. The molecule has 1 N–H and O–H groups in total. The summed E-state index contributed by atoms with van der Waals surface area (Å²) in [4.78, 5) is 26.9. The largest absolute Gasteiger partial charge is 0.465 e. The monoisotopic (exact) mass is 444 g/mol. The van der Waals surface area contributed by atoms with Crippen molar-refractivity contribution in [2.75, 3.05) is 13.1 Å². The highest BCUT2D eigenvalue weighted by Gasteiger charge is 2.38. The Morgan fingerprint density at radius 3 is 2.37 bits per heavy atom. The Balaban J connectivity index is 1.99. The third kappa shape index (κ3) is 3.60. The van der Waals surface area contributed by atoms with Gasteiger partial charge >= 0.3 is 6.18 Å². The van der Waals surface area contributed by atoms with Gasteiger partial charge in [-0.15, -0.1) is 0 Å². The van der Waals surface area contributed by atoms with Crippen molar-refractivity contribution in [2.45, 2.75) is 26.1 Å². The van der Waals surface area contributed by atoms with Crippen LogP contribution in [-0.4, -0.2) is 29.8 Å². The number of furan rings is 1. The van der Waals surface area contributed by atoms with Gasteiger partial charge in [0.2, 0.25) is 5.91 Å². The SMILES string of the molecule is Cc1oc(C)c(C(=O)N2CCNC(=O)C2c2ccc(C(F)(F)F)cc2)c1Br. The minimum Gasteiger partial charge on any atom is -0.465 e. The number of amides is 2. The van der Waals surface area contributed by atoms with Crippen LogP contribution in [0.15, 0.2) is 33.2 Å². The first-order chi connectivity index (χ1) is 12.6. The number of piperazine rings is 1. The maximum atomic E-state index is 13.1. The molecule has 2 heterocycles. The summed E-state index contributed by atoms with van der Waals surface area (Å²) in [6.45, 7) is 3.83. The number of carbonyl (C=O) groups is 2. The van der Waals surface area contributed by atoms with Crippen molar-refractivity contribution in [3.05, 3.63) is 56.9 Å². The van der Waals surface area contributed by atoms with E-state index in [1.165, 1.54) is 17.0 Å². The fourth-order valence-electron chi connectivity index (χ4n) is 3.12. The summed E-state index contributed by atoms with van der Waals surface area (Å²) in [5.41, 5.74) is -0.203. The molecule has 1 unspecified atom stereocenters. The Kier molecular flexibility index (Phi) is 5.07. The van der Waals surface area contributed by atoms with Crippen molar-refractivity contribution < 1.29 is 27.2 Å². The lowest BCUT2D eigenvalue weighted by Gasteiger charge is -2.35. The molecule has 27 heavy (non-hydrogen) atoms. The molecule has 1 aliphatic rings. The molecule has 144 valence electrons. The normalized spacial score (nSPS) is 17.8. The van der Waals surface area contributed by atoms with E-state index in [-0.39, 0.29) is 13.1 Å². The average molecular weight is 445 g/mol. The molecular formula is C18H16BrF3N2O3. The molecule has 1 aliphatic heterocycles. The number of nitrogens with zero attached hydrogens (tertiary/aromatic N) is 1. The predicted molar refractivity (Wildman–Crippen MR) is 94.1 cm³/mol. The Labute approximate surface area is 161 Å². The van der Waals surface area contributed by atoms with Gasteiger partial charge in [-0.25, -0.2) is 0 Å².